The summed E-state index contributed by atoms with van der Waals surface area (Å²) in [5.74, 6) is -0.899. The molecule has 1 N–H and O–H groups in total. The maximum atomic E-state index is 13.3. The Morgan fingerprint density at radius 3 is 2.61 bits per heavy atom. The SMILES string of the molecule is O=C(Nc1ccncc1F)c1ccc(CBr)cc1. The summed E-state index contributed by atoms with van der Waals surface area (Å²) in [6.45, 7) is 0. The van der Waals surface area contributed by atoms with Gasteiger partial charge in [-0.3, -0.25) is 9.78 Å². The minimum absolute atomic E-state index is 0.125. The molecular formula is C13H10BrFN2O. The summed E-state index contributed by atoms with van der Waals surface area (Å²) in [5.41, 5.74) is 1.68. The highest BCUT2D eigenvalue weighted by Gasteiger charge is 2.08. The number of alkyl halides is 1. The van der Waals surface area contributed by atoms with Crippen LogP contribution >= 0.6 is 15.9 Å². The van der Waals surface area contributed by atoms with Crippen molar-refractivity contribution in [2.75, 3.05) is 5.32 Å². The molecule has 0 bridgehead atoms. The van der Waals surface area contributed by atoms with Crippen molar-refractivity contribution in [2.45, 2.75) is 5.33 Å². The summed E-state index contributed by atoms with van der Waals surface area (Å²) in [4.78, 5) is 15.5. The molecule has 1 heterocycles. The van der Waals surface area contributed by atoms with E-state index in [2.05, 4.69) is 26.2 Å². The zero-order valence-electron chi connectivity index (χ0n) is 9.36. The molecule has 0 saturated carbocycles. The van der Waals surface area contributed by atoms with Crippen molar-refractivity contribution in [3.63, 3.8) is 0 Å². The van der Waals surface area contributed by atoms with Crippen molar-refractivity contribution in [3.8, 4) is 0 Å². The molecule has 92 valence electrons. The van der Waals surface area contributed by atoms with E-state index >= 15 is 0 Å². The molecule has 2 aromatic rings. The number of nitrogens with zero attached hydrogens (tertiary/aromatic N) is 1. The number of pyridine rings is 1. The third-order valence-corrected chi connectivity index (χ3v) is 3.04. The number of aromatic nitrogens is 1. The maximum absolute atomic E-state index is 13.3. The van der Waals surface area contributed by atoms with Crippen LogP contribution in [0.2, 0.25) is 0 Å². The number of halogens is 2. The highest BCUT2D eigenvalue weighted by atomic mass is 79.9. The Labute approximate surface area is 112 Å². The van der Waals surface area contributed by atoms with E-state index in [1.54, 1.807) is 12.1 Å². The first-order valence-electron chi connectivity index (χ1n) is 5.26. The second-order valence-corrected chi connectivity index (χ2v) is 4.20. The molecule has 1 amide bonds. The summed E-state index contributed by atoms with van der Waals surface area (Å²) >= 11 is 3.33. The number of carbonyl (C=O) groups excluding carboxylic acids is 1. The van der Waals surface area contributed by atoms with Gasteiger partial charge in [-0.1, -0.05) is 28.1 Å². The lowest BCUT2D eigenvalue weighted by Crippen LogP contribution is -2.13. The number of rotatable bonds is 3. The van der Waals surface area contributed by atoms with Crippen LogP contribution in [-0.4, -0.2) is 10.9 Å². The molecule has 0 spiro atoms. The van der Waals surface area contributed by atoms with Crippen LogP contribution in [0.25, 0.3) is 0 Å². The summed E-state index contributed by atoms with van der Waals surface area (Å²) in [7, 11) is 0. The molecule has 2 rings (SSSR count). The first-order chi connectivity index (χ1) is 8.70. The van der Waals surface area contributed by atoms with Crippen LogP contribution < -0.4 is 5.32 Å². The summed E-state index contributed by atoms with van der Waals surface area (Å²) in [6.07, 6.45) is 2.48. The fraction of sp³-hybridized carbons (Fsp3) is 0.0769. The molecule has 0 aliphatic rings. The van der Waals surface area contributed by atoms with E-state index in [4.69, 9.17) is 0 Å². The molecule has 5 heteroatoms. The average molecular weight is 309 g/mol. The van der Waals surface area contributed by atoms with Gasteiger partial charge in [-0.15, -0.1) is 0 Å². The maximum Gasteiger partial charge on any atom is 0.255 e. The van der Waals surface area contributed by atoms with Gasteiger partial charge in [0.1, 0.15) is 0 Å². The topological polar surface area (TPSA) is 42.0 Å². The Balaban J connectivity index is 2.14. The monoisotopic (exact) mass is 308 g/mol. The third-order valence-electron chi connectivity index (χ3n) is 2.39. The number of hydrogen-bond acceptors (Lipinski definition) is 2. The quantitative estimate of drug-likeness (QED) is 0.883. The van der Waals surface area contributed by atoms with E-state index < -0.39 is 5.82 Å². The lowest BCUT2D eigenvalue weighted by atomic mass is 10.1. The molecule has 0 saturated heterocycles. The highest BCUT2D eigenvalue weighted by molar-refractivity contribution is 9.08. The molecule has 1 aromatic heterocycles. The predicted molar refractivity (Wildman–Crippen MR) is 71.2 cm³/mol. The highest BCUT2D eigenvalue weighted by Crippen LogP contribution is 2.14. The molecule has 0 radical (unpaired) electrons. The van der Waals surface area contributed by atoms with E-state index in [1.807, 2.05) is 12.1 Å². The lowest BCUT2D eigenvalue weighted by molar-refractivity contribution is 0.102. The van der Waals surface area contributed by atoms with Crippen LogP contribution in [0.15, 0.2) is 42.7 Å². The van der Waals surface area contributed by atoms with Gasteiger partial charge in [0, 0.05) is 17.1 Å². The fourth-order valence-electron chi connectivity index (χ4n) is 1.42. The first kappa shape index (κ1) is 12.7. The van der Waals surface area contributed by atoms with Crippen molar-refractivity contribution in [3.05, 3.63) is 59.7 Å². The summed E-state index contributed by atoms with van der Waals surface area (Å²) < 4.78 is 13.3. The summed E-state index contributed by atoms with van der Waals surface area (Å²) in [5, 5.41) is 3.23. The zero-order chi connectivity index (χ0) is 13.0. The molecule has 18 heavy (non-hydrogen) atoms. The van der Waals surface area contributed by atoms with Crippen molar-refractivity contribution in [1.29, 1.82) is 0 Å². The van der Waals surface area contributed by atoms with E-state index in [9.17, 15) is 9.18 Å². The van der Waals surface area contributed by atoms with Gasteiger partial charge in [0.05, 0.1) is 11.9 Å². The summed E-state index contributed by atoms with van der Waals surface area (Å²) in [6, 6.07) is 8.50. The minimum atomic E-state index is -0.553. The van der Waals surface area contributed by atoms with Crippen LogP contribution in [-0.2, 0) is 5.33 Å². The normalized spacial score (nSPS) is 10.1. The molecule has 0 fully saturated rings. The molecule has 0 atom stereocenters. The van der Waals surface area contributed by atoms with Gasteiger partial charge in [0.25, 0.3) is 5.91 Å². The second kappa shape index (κ2) is 5.73. The average Bonchev–Trinajstić information content (AvgIpc) is 2.41. The van der Waals surface area contributed by atoms with Crippen LogP contribution in [0.1, 0.15) is 15.9 Å². The first-order valence-corrected chi connectivity index (χ1v) is 6.38. The molecule has 0 unspecified atom stereocenters. The van der Waals surface area contributed by atoms with E-state index in [1.165, 1.54) is 12.3 Å². The second-order valence-electron chi connectivity index (χ2n) is 3.64. The number of nitrogens with one attached hydrogen (secondary N) is 1. The van der Waals surface area contributed by atoms with Crippen molar-refractivity contribution in [1.82, 2.24) is 4.98 Å². The number of amides is 1. The van der Waals surface area contributed by atoms with Gasteiger partial charge in [-0.05, 0) is 23.8 Å². The molecule has 0 aliphatic carbocycles. The van der Waals surface area contributed by atoms with E-state index in [0.717, 1.165) is 17.1 Å². The standard InChI is InChI=1S/C13H10BrFN2O/c14-7-9-1-3-10(4-2-9)13(18)17-12-5-6-16-8-11(12)15/h1-6,8H,7H2,(H,16,17,18). The van der Waals surface area contributed by atoms with E-state index in [0.29, 0.717) is 5.56 Å². The van der Waals surface area contributed by atoms with Crippen molar-refractivity contribution in [2.24, 2.45) is 0 Å². The predicted octanol–water partition coefficient (Wildman–Crippen LogP) is 3.37. The Bertz CT molecular complexity index is 557. The van der Waals surface area contributed by atoms with Gasteiger partial charge < -0.3 is 5.32 Å². The van der Waals surface area contributed by atoms with E-state index in [-0.39, 0.29) is 11.6 Å². The minimum Gasteiger partial charge on any atom is -0.319 e. The fourth-order valence-corrected chi connectivity index (χ4v) is 1.79. The Morgan fingerprint density at radius 1 is 1.28 bits per heavy atom. The van der Waals surface area contributed by atoms with Gasteiger partial charge in [0.15, 0.2) is 5.82 Å². The van der Waals surface area contributed by atoms with Gasteiger partial charge in [0.2, 0.25) is 0 Å². The smallest absolute Gasteiger partial charge is 0.255 e. The number of hydrogen-bond donors (Lipinski definition) is 1. The molecule has 1 aromatic carbocycles. The van der Waals surface area contributed by atoms with Gasteiger partial charge in [-0.25, -0.2) is 4.39 Å². The van der Waals surface area contributed by atoms with Crippen LogP contribution in [0, 0.1) is 5.82 Å². The molecule has 3 nitrogen and oxygen atoms in total. The van der Waals surface area contributed by atoms with Gasteiger partial charge in [-0.2, -0.15) is 0 Å². The molecule has 0 aliphatic heterocycles. The number of anilines is 1. The number of carbonyl (C=O) groups is 1. The number of benzene rings is 1. The Hall–Kier alpha value is -1.75. The van der Waals surface area contributed by atoms with Crippen LogP contribution in [0.3, 0.4) is 0 Å². The van der Waals surface area contributed by atoms with Crippen LogP contribution in [0.4, 0.5) is 10.1 Å². The lowest BCUT2D eigenvalue weighted by Gasteiger charge is -2.06. The van der Waals surface area contributed by atoms with Crippen LogP contribution in [0.5, 0.6) is 0 Å². The zero-order valence-corrected chi connectivity index (χ0v) is 10.9. The third kappa shape index (κ3) is 2.92. The Kier molecular flexibility index (Phi) is 4.04. The largest absolute Gasteiger partial charge is 0.319 e. The van der Waals surface area contributed by atoms with Crippen molar-refractivity contribution >= 4 is 27.5 Å². The van der Waals surface area contributed by atoms with Crippen molar-refractivity contribution < 1.29 is 9.18 Å². The Morgan fingerprint density at radius 2 is 2.00 bits per heavy atom. The molecular weight excluding hydrogens is 299 g/mol. The van der Waals surface area contributed by atoms with Gasteiger partial charge >= 0.3 is 0 Å².